The summed E-state index contributed by atoms with van der Waals surface area (Å²) in [5.41, 5.74) is 7.02. The van der Waals surface area contributed by atoms with Gasteiger partial charge < -0.3 is 11.1 Å². The van der Waals surface area contributed by atoms with Crippen LogP contribution in [0.4, 0.5) is 0 Å². The SMILES string of the molecule is NCC1CNC(c2ccccc2)C1. The van der Waals surface area contributed by atoms with E-state index in [1.807, 2.05) is 0 Å². The molecule has 0 saturated carbocycles. The monoisotopic (exact) mass is 176 g/mol. The van der Waals surface area contributed by atoms with Gasteiger partial charge in [0.05, 0.1) is 0 Å². The van der Waals surface area contributed by atoms with Gasteiger partial charge in [-0.25, -0.2) is 0 Å². The van der Waals surface area contributed by atoms with E-state index in [0.29, 0.717) is 12.0 Å². The van der Waals surface area contributed by atoms with Crippen molar-refractivity contribution in [2.24, 2.45) is 11.7 Å². The van der Waals surface area contributed by atoms with E-state index in [2.05, 4.69) is 35.6 Å². The lowest BCUT2D eigenvalue weighted by Crippen LogP contribution is -2.17. The van der Waals surface area contributed by atoms with E-state index in [9.17, 15) is 0 Å². The molecule has 0 bridgehead atoms. The van der Waals surface area contributed by atoms with Gasteiger partial charge >= 0.3 is 0 Å². The van der Waals surface area contributed by atoms with Gasteiger partial charge in [-0.15, -0.1) is 0 Å². The zero-order valence-electron chi connectivity index (χ0n) is 7.74. The lowest BCUT2D eigenvalue weighted by atomic mass is 10.0. The molecule has 0 aliphatic carbocycles. The first-order chi connectivity index (χ1) is 6.40. The Morgan fingerprint density at radius 1 is 1.31 bits per heavy atom. The molecule has 1 saturated heterocycles. The molecule has 1 heterocycles. The van der Waals surface area contributed by atoms with E-state index in [-0.39, 0.29) is 0 Å². The second-order valence-electron chi connectivity index (χ2n) is 3.71. The predicted octanol–water partition coefficient (Wildman–Crippen LogP) is 1.30. The highest BCUT2D eigenvalue weighted by atomic mass is 15.0. The largest absolute Gasteiger partial charge is 0.330 e. The Balaban J connectivity index is 2.04. The number of benzene rings is 1. The van der Waals surface area contributed by atoms with Crippen molar-refractivity contribution in [1.82, 2.24) is 5.32 Å². The van der Waals surface area contributed by atoms with Crippen molar-refractivity contribution >= 4 is 0 Å². The lowest BCUT2D eigenvalue weighted by molar-refractivity contribution is 0.574. The molecule has 13 heavy (non-hydrogen) atoms. The molecule has 2 rings (SSSR count). The van der Waals surface area contributed by atoms with E-state index < -0.39 is 0 Å². The molecular weight excluding hydrogens is 160 g/mol. The third-order valence-electron chi connectivity index (χ3n) is 2.76. The molecule has 3 N–H and O–H groups in total. The maximum Gasteiger partial charge on any atom is 0.0323 e. The summed E-state index contributed by atoms with van der Waals surface area (Å²) in [5, 5.41) is 3.49. The van der Waals surface area contributed by atoms with Crippen LogP contribution in [0.1, 0.15) is 18.0 Å². The van der Waals surface area contributed by atoms with Crippen LogP contribution in [0.2, 0.25) is 0 Å². The van der Waals surface area contributed by atoms with Gasteiger partial charge in [-0.3, -0.25) is 0 Å². The zero-order chi connectivity index (χ0) is 9.10. The Bertz CT molecular complexity index is 258. The van der Waals surface area contributed by atoms with Crippen molar-refractivity contribution in [3.63, 3.8) is 0 Å². The maximum atomic E-state index is 5.63. The maximum absolute atomic E-state index is 5.63. The first-order valence-corrected chi connectivity index (χ1v) is 4.88. The zero-order valence-corrected chi connectivity index (χ0v) is 7.74. The summed E-state index contributed by atoms with van der Waals surface area (Å²) < 4.78 is 0. The fourth-order valence-electron chi connectivity index (χ4n) is 1.93. The van der Waals surface area contributed by atoms with Crippen molar-refractivity contribution in [2.75, 3.05) is 13.1 Å². The molecule has 0 spiro atoms. The molecule has 2 heteroatoms. The Hall–Kier alpha value is -0.860. The summed E-state index contributed by atoms with van der Waals surface area (Å²) >= 11 is 0. The Morgan fingerprint density at radius 3 is 2.69 bits per heavy atom. The summed E-state index contributed by atoms with van der Waals surface area (Å²) in [6, 6.07) is 11.1. The highest BCUT2D eigenvalue weighted by Gasteiger charge is 2.23. The van der Waals surface area contributed by atoms with Gasteiger partial charge in [0.15, 0.2) is 0 Å². The normalized spacial score (nSPS) is 27.8. The van der Waals surface area contributed by atoms with Crippen LogP contribution < -0.4 is 11.1 Å². The quantitative estimate of drug-likeness (QED) is 0.712. The van der Waals surface area contributed by atoms with Gasteiger partial charge in [0.25, 0.3) is 0 Å². The first kappa shape index (κ1) is 8.73. The summed E-state index contributed by atoms with van der Waals surface area (Å²) in [5.74, 6) is 0.658. The molecule has 1 fully saturated rings. The van der Waals surface area contributed by atoms with Gasteiger partial charge in [-0.05, 0) is 31.0 Å². The standard InChI is InChI=1S/C11H16N2/c12-7-9-6-11(13-8-9)10-4-2-1-3-5-10/h1-5,9,11,13H,6-8,12H2. The van der Waals surface area contributed by atoms with Gasteiger partial charge in [0.1, 0.15) is 0 Å². The summed E-state index contributed by atoms with van der Waals surface area (Å²) in [6.45, 7) is 1.87. The van der Waals surface area contributed by atoms with Crippen LogP contribution in [0.3, 0.4) is 0 Å². The molecule has 2 nitrogen and oxygen atoms in total. The van der Waals surface area contributed by atoms with Gasteiger partial charge in [-0.1, -0.05) is 30.3 Å². The van der Waals surface area contributed by atoms with E-state index in [4.69, 9.17) is 5.73 Å². The highest BCUT2D eigenvalue weighted by Crippen LogP contribution is 2.25. The Kier molecular flexibility index (Phi) is 2.62. The van der Waals surface area contributed by atoms with Crippen LogP contribution in [0.15, 0.2) is 30.3 Å². The molecule has 1 aromatic rings. The average molecular weight is 176 g/mol. The molecule has 0 aromatic heterocycles. The molecule has 2 atom stereocenters. The van der Waals surface area contributed by atoms with Gasteiger partial charge in [0, 0.05) is 6.04 Å². The van der Waals surface area contributed by atoms with Crippen LogP contribution in [0, 0.1) is 5.92 Å². The van der Waals surface area contributed by atoms with Crippen molar-refractivity contribution < 1.29 is 0 Å². The molecule has 70 valence electrons. The molecule has 0 amide bonds. The average Bonchev–Trinajstić information content (AvgIpc) is 2.67. The van der Waals surface area contributed by atoms with Gasteiger partial charge in [0.2, 0.25) is 0 Å². The molecular formula is C11H16N2. The second kappa shape index (κ2) is 3.90. The minimum Gasteiger partial charge on any atom is -0.330 e. The topological polar surface area (TPSA) is 38.0 Å². The third-order valence-corrected chi connectivity index (χ3v) is 2.76. The van der Waals surface area contributed by atoms with E-state index >= 15 is 0 Å². The molecule has 1 aromatic carbocycles. The third kappa shape index (κ3) is 1.90. The van der Waals surface area contributed by atoms with E-state index in [0.717, 1.165) is 13.1 Å². The minimum atomic E-state index is 0.523. The number of nitrogens with one attached hydrogen (secondary N) is 1. The fourth-order valence-corrected chi connectivity index (χ4v) is 1.93. The Morgan fingerprint density at radius 2 is 2.08 bits per heavy atom. The van der Waals surface area contributed by atoms with Crippen LogP contribution in [0.25, 0.3) is 0 Å². The second-order valence-corrected chi connectivity index (χ2v) is 3.71. The summed E-state index contributed by atoms with van der Waals surface area (Å²) in [4.78, 5) is 0. The summed E-state index contributed by atoms with van der Waals surface area (Å²) in [6.07, 6.45) is 1.18. The van der Waals surface area contributed by atoms with Crippen molar-refractivity contribution in [3.8, 4) is 0 Å². The minimum absolute atomic E-state index is 0.523. The van der Waals surface area contributed by atoms with Crippen LogP contribution in [-0.4, -0.2) is 13.1 Å². The molecule has 1 aliphatic heterocycles. The highest BCUT2D eigenvalue weighted by molar-refractivity contribution is 5.19. The van der Waals surface area contributed by atoms with Crippen molar-refractivity contribution in [2.45, 2.75) is 12.5 Å². The van der Waals surface area contributed by atoms with E-state index in [1.165, 1.54) is 12.0 Å². The number of rotatable bonds is 2. The molecule has 1 aliphatic rings. The smallest absolute Gasteiger partial charge is 0.0323 e. The van der Waals surface area contributed by atoms with Crippen molar-refractivity contribution in [1.29, 1.82) is 0 Å². The number of hydrogen-bond donors (Lipinski definition) is 2. The molecule has 2 unspecified atom stereocenters. The van der Waals surface area contributed by atoms with Crippen LogP contribution in [0.5, 0.6) is 0 Å². The summed E-state index contributed by atoms with van der Waals surface area (Å²) in [7, 11) is 0. The lowest BCUT2D eigenvalue weighted by Gasteiger charge is -2.09. The van der Waals surface area contributed by atoms with Gasteiger partial charge in [-0.2, -0.15) is 0 Å². The van der Waals surface area contributed by atoms with E-state index in [1.54, 1.807) is 0 Å². The first-order valence-electron chi connectivity index (χ1n) is 4.88. The van der Waals surface area contributed by atoms with Crippen molar-refractivity contribution in [3.05, 3.63) is 35.9 Å². The van der Waals surface area contributed by atoms with Crippen LogP contribution in [-0.2, 0) is 0 Å². The number of nitrogens with two attached hydrogens (primary N) is 1. The van der Waals surface area contributed by atoms with Crippen LogP contribution >= 0.6 is 0 Å². The molecule has 0 radical (unpaired) electrons. The number of hydrogen-bond acceptors (Lipinski definition) is 2. The predicted molar refractivity (Wildman–Crippen MR) is 54.3 cm³/mol. The fraction of sp³-hybridized carbons (Fsp3) is 0.455. The Labute approximate surface area is 79.1 Å².